The molecule has 5 aromatic rings. The van der Waals surface area contributed by atoms with E-state index in [0.29, 0.717) is 29.5 Å². The van der Waals surface area contributed by atoms with E-state index in [2.05, 4.69) is 46.8 Å². The zero-order valence-electron chi connectivity index (χ0n) is 16.3. The number of H-pyrrole nitrogens is 1. The fourth-order valence-electron chi connectivity index (χ4n) is 3.21. The van der Waals surface area contributed by atoms with Crippen molar-refractivity contribution in [3.8, 4) is 17.1 Å². The van der Waals surface area contributed by atoms with Crippen LogP contribution in [0.25, 0.3) is 28.1 Å². The Morgan fingerprint density at radius 3 is 2.57 bits per heavy atom. The molecule has 10 heteroatoms. The number of nitrogens with one attached hydrogen (secondary N) is 3. The first-order valence-electron chi connectivity index (χ1n) is 9.32. The first kappa shape index (κ1) is 17.7. The molecule has 0 bridgehead atoms. The number of pyridine rings is 1. The van der Waals surface area contributed by atoms with Gasteiger partial charge in [0.25, 0.3) is 0 Å². The lowest BCUT2D eigenvalue weighted by Crippen LogP contribution is -2.10. The van der Waals surface area contributed by atoms with Crippen molar-refractivity contribution in [2.75, 3.05) is 17.7 Å². The lowest BCUT2D eigenvalue weighted by atomic mass is 10.1. The highest BCUT2D eigenvalue weighted by atomic mass is 15.3. The van der Waals surface area contributed by atoms with Crippen LogP contribution in [0.1, 0.15) is 5.82 Å². The maximum atomic E-state index is 4.75. The number of aromatic amines is 1. The zero-order valence-corrected chi connectivity index (χ0v) is 16.3. The number of anilines is 3. The summed E-state index contributed by atoms with van der Waals surface area (Å²) in [6.45, 7) is 1.83. The number of aryl methyl sites for hydroxylation is 1. The SMILES string of the molecule is CNc1nc(C)nc(-n2c(Nc3cc[nH]n3)nc3ccc(-c4ccncc4)cc32)n1. The number of hydrogen-bond acceptors (Lipinski definition) is 8. The van der Waals surface area contributed by atoms with Crippen molar-refractivity contribution < 1.29 is 0 Å². The average molecular weight is 398 g/mol. The molecule has 0 aliphatic carbocycles. The Labute approximate surface area is 171 Å². The summed E-state index contributed by atoms with van der Waals surface area (Å²) in [5.74, 6) is 2.73. The maximum absolute atomic E-state index is 4.75. The van der Waals surface area contributed by atoms with Gasteiger partial charge >= 0.3 is 0 Å². The molecule has 0 saturated carbocycles. The minimum atomic E-state index is 0.458. The molecule has 0 spiro atoms. The number of nitrogens with zero attached hydrogens (tertiary/aromatic N) is 7. The van der Waals surface area contributed by atoms with Crippen LogP contribution in [0.2, 0.25) is 0 Å². The normalized spacial score (nSPS) is 11.0. The van der Waals surface area contributed by atoms with Gasteiger partial charge in [-0.2, -0.15) is 20.1 Å². The summed E-state index contributed by atoms with van der Waals surface area (Å²) >= 11 is 0. The first-order chi connectivity index (χ1) is 14.7. The van der Waals surface area contributed by atoms with Crippen LogP contribution < -0.4 is 10.6 Å². The zero-order chi connectivity index (χ0) is 20.5. The Balaban J connectivity index is 1.74. The van der Waals surface area contributed by atoms with Crippen molar-refractivity contribution in [3.63, 3.8) is 0 Å². The van der Waals surface area contributed by atoms with E-state index in [4.69, 9.17) is 4.98 Å². The van der Waals surface area contributed by atoms with Crippen molar-refractivity contribution in [2.45, 2.75) is 6.92 Å². The summed E-state index contributed by atoms with van der Waals surface area (Å²) in [6.07, 6.45) is 5.29. The number of rotatable bonds is 5. The van der Waals surface area contributed by atoms with Crippen LogP contribution in [0.15, 0.2) is 55.0 Å². The molecule has 4 aromatic heterocycles. The molecular weight excluding hydrogens is 380 g/mol. The van der Waals surface area contributed by atoms with Gasteiger partial charge in [0, 0.05) is 31.7 Å². The third-order valence-electron chi connectivity index (χ3n) is 4.57. The lowest BCUT2D eigenvalue weighted by molar-refractivity contribution is 0.887. The molecule has 0 unspecified atom stereocenters. The highest BCUT2D eigenvalue weighted by molar-refractivity contribution is 5.86. The fourth-order valence-corrected chi connectivity index (χ4v) is 3.21. The average Bonchev–Trinajstić information content (AvgIpc) is 3.41. The monoisotopic (exact) mass is 398 g/mol. The lowest BCUT2D eigenvalue weighted by Gasteiger charge is -2.10. The molecule has 0 radical (unpaired) electrons. The van der Waals surface area contributed by atoms with Gasteiger partial charge in [-0.15, -0.1) is 0 Å². The van der Waals surface area contributed by atoms with Gasteiger partial charge in [-0.3, -0.25) is 10.1 Å². The third kappa shape index (κ3) is 3.20. The van der Waals surface area contributed by atoms with E-state index in [-0.39, 0.29) is 0 Å². The van der Waals surface area contributed by atoms with Gasteiger partial charge in [0.05, 0.1) is 11.0 Å². The summed E-state index contributed by atoms with van der Waals surface area (Å²) in [6, 6.07) is 11.8. The maximum Gasteiger partial charge on any atom is 0.242 e. The van der Waals surface area contributed by atoms with Crippen LogP contribution in [-0.2, 0) is 0 Å². The molecule has 5 rings (SSSR count). The smallest absolute Gasteiger partial charge is 0.242 e. The number of fused-ring (bicyclic) bond motifs is 1. The standard InChI is InChI=1S/C20H18N10/c1-12-24-18(21-2)28-19(25-12)30-16-11-14(13-5-8-22-9-6-13)3-4-15(16)26-20(30)27-17-7-10-23-29-17/h3-11H,1-2H3,(H,21,24,25,28)(H2,23,26,27,29). The van der Waals surface area contributed by atoms with Crippen molar-refractivity contribution in [3.05, 3.63) is 60.8 Å². The summed E-state index contributed by atoms with van der Waals surface area (Å²) in [5.41, 5.74) is 3.76. The van der Waals surface area contributed by atoms with Crippen molar-refractivity contribution in [1.82, 2.24) is 39.7 Å². The fraction of sp³-hybridized carbons (Fsp3) is 0.100. The minimum Gasteiger partial charge on any atom is -0.357 e. The van der Waals surface area contributed by atoms with Gasteiger partial charge < -0.3 is 10.6 Å². The molecular formula is C20H18N10. The van der Waals surface area contributed by atoms with Gasteiger partial charge in [0.15, 0.2) is 5.82 Å². The molecule has 10 nitrogen and oxygen atoms in total. The topological polar surface area (TPSA) is 122 Å². The summed E-state index contributed by atoms with van der Waals surface area (Å²) in [4.78, 5) is 22.2. The molecule has 4 heterocycles. The Bertz CT molecular complexity index is 1310. The molecule has 30 heavy (non-hydrogen) atoms. The molecule has 0 amide bonds. The predicted molar refractivity (Wildman–Crippen MR) is 114 cm³/mol. The van der Waals surface area contributed by atoms with Gasteiger partial charge in [0.1, 0.15) is 5.82 Å². The Morgan fingerprint density at radius 2 is 1.80 bits per heavy atom. The highest BCUT2D eigenvalue weighted by Gasteiger charge is 2.17. The van der Waals surface area contributed by atoms with Crippen LogP contribution in [-0.4, -0.2) is 46.7 Å². The Hall–Kier alpha value is -4.34. The third-order valence-corrected chi connectivity index (χ3v) is 4.57. The Morgan fingerprint density at radius 1 is 0.933 bits per heavy atom. The second-order valence-electron chi connectivity index (χ2n) is 6.55. The first-order valence-corrected chi connectivity index (χ1v) is 9.32. The van der Waals surface area contributed by atoms with Gasteiger partial charge in [-0.05, 0) is 42.3 Å². The molecule has 0 atom stereocenters. The second-order valence-corrected chi connectivity index (χ2v) is 6.55. The van der Waals surface area contributed by atoms with E-state index in [9.17, 15) is 0 Å². The van der Waals surface area contributed by atoms with Crippen molar-refractivity contribution in [2.24, 2.45) is 0 Å². The van der Waals surface area contributed by atoms with Gasteiger partial charge in [0.2, 0.25) is 17.8 Å². The van der Waals surface area contributed by atoms with Gasteiger partial charge in [-0.1, -0.05) is 6.07 Å². The molecule has 0 fully saturated rings. The van der Waals surface area contributed by atoms with Gasteiger partial charge in [-0.25, -0.2) is 9.55 Å². The minimum absolute atomic E-state index is 0.458. The van der Waals surface area contributed by atoms with E-state index >= 15 is 0 Å². The van der Waals surface area contributed by atoms with E-state index in [1.807, 2.05) is 41.8 Å². The van der Waals surface area contributed by atoms with Crippen LogP contribution in [0.3, 0.4) is 0 Å². The van der Waals surface area contributed by atoms with Crippen LogP contribution >= 0.6 is 0 Å². The molecule has 3 N–H and O–H groups in total. The molecule has 0 saturated heterocycles. The van der Waals surface area contributed by atoms with Crippen molar-refractivity contribution in [1.29, 1.82) is 0 Å². The van der Waals surface area contributed by atoms with E-state index in [1.54, 1.807) is 25.6 Å². The van der Waals surface area contributed by atoms with E-state index < -0.39 is 0 Å². The van der Waals surface area contributed by atoms with E-state index in [1.165, 1.54) is 0 Å². The second kappa shape index (κ2) is 7.24. The molecule has 0 aliphatic heterocycles. The number of benzene rings is 1. The van der Waals surface area contributed by atoms with Crippen LogP contribution in [0.5, 0.6) is 0 Å². The Kier molecular flexibility index (Phi) is 4.28. The quantitative estimate of drug-likeness (QED) is 0.413. The van der Waals surface area contributed by atoms with Crippen LogP contribution in [0, 0.1) is 6.92 Å². The number of imidazole rings is 1. The summed E-state index contributed by atoms with van der Waals surface area (Å²) in [5, 5.41) is 13.2. The van der Waals surface area contributed by atoms with Crippen molar-refractivity contribution >= 4 is 28.7 Å². The summed E-state index contributed by atoms with van der Waals surface area (Å²) in [7, 11) is 1.77. The predicted octanol–water partition coefficient (Wildman–Crippen LogP) is 3.09. The van der Waals surface area contributed by atoms with Crippen LogP contribution in [0.4, 0.5) is 17.7 Å². The molecule has 148 valence electrons. The highest BCUT2D eigenvalue weighted by Crippen LogP contribution is 2.29. The number of aromatic nitrogens is 8. The number of hydrogen-bond donors (Lipinski definition) is 3. The molecule has 0 aliphatic rings. The summed E-state index contributed by atoms with van der Waals surface area (Å²) < 4.78 is 1.87. The largest absolute Gasteiger partial charge is 0.357 e. The van der Waals surface area contributed by atoms with E-state index in [0.717, 1.165) is 22.2 Å². The molecule has 1 aromatic carbocycles.